The summed E-state index contributed by atoms with van der Waals surface area (Å²) in [5.74, 6) is 0.195. The van der Waals surface area contributed by atoms with E-state index in [1.54, 1.807) is 34.9 Å². The third-order valence-electron chi connectivity index (χ3n) is 4.91. The second-order valence-electron chi connectivity index (χ2n) is 7.28. The van der Waals surface area contributed by atoms with Gasteiger partial charge < -0.3 is 10.1 Å². The first-order valence-corrected chi connectivity index (χ1v) is 11.0. The van der Waals surface area contributed by atoms with Gasteiger partial charge in [0.05, 0.1) is 10.6 Å². The van der Waals surface area contributed by atoms with Crippen LogP contribution in [0.1, 0.15) is 6.92 Å². The van der Waals surface area contributed by atoms with Crippen LogP contribution in [0, 0.1) is 5.82 Å². The minimum atomic E-state index is -0.810. The highest BCUT2D eigenvalue weighted by molar-refractivity contribution is 7.13. The number of halogens is 1. The summed E-state index contributed by atoms with van der Waals surface area (Å²) in [5, 5.41) is 18.0. The molecule has 5 rings (SSSR count). The predicted molar refractivity (Wildman–Crippen MR) is 125 cm³/mol. The molecule has 164 valence electrons. The molecule has 1 unspecified atom stereocenters. The molecule has 3 aromatic heterocycles. The van der Waals surface area contributed by atoms with Gasteiger partial charge in [0.25, 0.3) is 5.91 Å². The lowest BCUT2D eigenvalue weighted by Gasteiger charge is -2.15. The van der Waals surface area contributed by atoms with Crippen molar-refractivity contribution in [2.24, 2.45) is 0 Å². The fraction of sp³-hybridized carbons (Fsp3) is 0.0833. The van der Waals surface area contributed by atoms with Gasteiger partial charge in [-0.2, -0.15) is 9.61 Å². The molecule has 0 aliphatic rings. The van der Waals surface area contributed by atoms with E-state index in [4.69, 9.17) is 9.84 Å². The van der Waals surface area contributed by atoms with E-state index in [1.165, 1.54) is 18.2 Å². The van der Waals surface area contributed by atoms with Gasteiger partial charge >= 0.3 is 0 Å². The lowest BCUT2D eigenvalue weighted by molar-refractivity contribution is -0.122. The summed E-state index contributed by atoms with van der Waals surface area (Å²) in [7, 11) is 0. The Hall–Kier alpha value is -4.11. The molecule has 1 N–H and O–H groups in total. The second-order valence-corrected chi connectivity index (χ2v) is 8.22. The van der Waals surface area contributed by atoms with Gasteiger partial charge in [0.2, 0.25) is 0 Å². The van der Waals surface area contributed by atoms with Crippen LogP contribution in [0.4, 0.5) is 10.1 Å². The summed E-state index contributed by atoms with van der Waals surface area (Å²) in [6.45, 7) is 1.61. The molecule has 3 heterocycles. The lowest BCUT2D eigenvalue weighted by Crippen LogP contribution is -2.30. The van der Waals surface area contributed by atoms with Crippen LogP contribution >= 0.6 is 11.3 Å². The normalized spacial score (nSPS) is 11.9. The molecule has 0 bridgehead atoms. The topological polar surface area (TPSA) is 81.4 Å². The average molecular weight is 460 g/mol. The molecular weight excluding hydrogens is 441 g/mol. The average Bonchev–Trinajstić information content (AvgIpc) is 3.48. The fourth-order valence-corrected chi connectivity index (χ4v) is 3.99. The molecule has 0 radical (unpaired) electrons. The number of carbonyl (C=O) groups excluding carboxylic acids is 1. The van der Waals surface area contributed by atoms with E-state index < -0.39 is 11.9 Å². The molecule has 0 saturated carbocycles. The maximum Gasteiger partial charge on any atom is 0.265 e. The van der Waals surface area contributed by atoms with Crippen LogP contribution in [0.15, 0.2) is 78.2 Å². The summed E-state index contributed by atoms with van der Waals surface area (Å²) in [6.07, 6.45) is -0.810. The van der Waals surface area contributed by atoms with Gasteiger partial charge in [-0.05, 0) is 54.8 Å². The number of benzene rings is 2. The van der Waals surface area contributed by atoms with Crippen molar-refractivity contribution in [1.29, 1.82) is 0 Å². The number of fused-ring (bicyclic) bond motifs is 1. The van der Waals surface area contributed by atoms with E-state index in [9.17, 15) is 9.18 Å². The Morgan fingerprint density at radius 3 is 2.76 bits per heavy atom. The number of nitrogens with zero attached hydrogens (tertiary/aromatic N) is 4. The number of anilines is 1. The smallest absolute Gasteiger partial charge is 0.265 e. The molecule has 0 saturated heterocycles. The van der Waals surface area contributed by atoms with Crippen molar-refractivity contribution in [3.63, 3.8) is 0 Å². The molecule has 5 aromatic rings. The number of aromatic nitrogens is 4. The standard InChI is InChI=1S/C24H18FN5O2S/c1-15(32-19-8-3-6-17(25)14-19)24(31)26-18-7-2-5-16(13-18)20-10-11-22-27-28-23(30(22)29-20)21-9-4-12-33-21/h2-15H,1H3,(H,26,31). The summed E-state index contributed by atoms with van der Waals surface area (Å²) in [4.78, 5) is 13.6. The highest BCUT2D eigenvalue weighted by Gasteiger charge is 2.16. The maximum absolute atomic E-state index is 13.4. The maximum atomic E-state index is 13.4. The first-order chi connectivity index (χ1) is 16.1. The quantitative estimate of drug-likeness (QED) is 0.384. The van der Waals surface area contributed by atoms with Crippen LogP contribution in [0.5, 0.6) is 5.75 Å². The van der Waals surface area contributed by atoms with Crippen molar-refractivity contribution in [2.75, 3.05) is 5.32 Å². The summed E-state index contributed by atoms with van der Waals surface area (Å²) >= 11 is 1.57. The van der Waals surface area contributed by atoms with Gasteiger partial charge in [-0.1, -0.05) is 24.3 Å². The third-order valence-corrected chi connectivity index (χ3v) is 5.77. The highest BCUT2D eigenvalue weighted by Crippen LogP contribution is 2.26. The molecule has 9 heteroatoms. The molecule has 0 fully saturated rings. The highest BCUT2D eigenvalue weighted by atomic mass is 32.1. The first kappa shape index (κ1) is 20.8. The van der Waals surface area contributed by atoms with Gasteiger partial charge in [0, 0.05) is 17.3 Å². The largest absolute Gasteiger partial charge is 0.481 e. The molecule has 1 amide bonds. The predicted octanol–water partition coefficient (Wildman–Crippen LogP) is 5.06. The molecular formula is C24H18FN5O2S. The van der Waals surface area contributed by atoms with Crippen LogP contribution in [0.2, 0.25) is 0 Å². The van der Waals surface area contributed by atoms with Crippen LogP contribution in [-0.2, 0) is 4.79 Å². The van der Waals surface area contributed by atoms with Crippen LogP contribution in [0.25, 0.3) is 27.6 Å². The Bertz CT molecular complexity index is 1430. The number of nitrogens with one attached hydrogen (secondary N) is 1. The van der Waals surface area contributed by atoms with E-state index in [0.717, 1.165) is 10.4 Å². The summed E-state index contributed by atoms with van der Waals surface area (Å²) in [5.41, 5.74) is 2.77. The number of rotatable bonds is 6. The second kappa shape index (κ2) is 8.79. The summed E-state index contributed by atoms with van der Waals surface area (Å²) in [6, 6.07) is 20.7. The van der Waals surface area contributed by atoms with E-state index in [-0.39, 0.29) is 5.91 Å². The van der Waals surface area contributed by atoms with Gasteiger partial charge in [0.1, 0.15) is 11.6 Å². The third kappa shape index (κ3) is 4.44. The molecule has 0 spiro atoms. The molecule has 2 aromatic carbocycles. The first-order valence-electron chi connectivity index (χ1n) is 10.2. The number of ether oxygens (including phenoxy) is 1. The minimum absolute atomic E-state index is 0.291. The zero-order chi connectivity index (χ0) is 22.8. The van der Waals surface area contributed by atoms with Gasteiger partial charge in [-0.3, -0.25) is 4.79 Å². The van der Waals surface area contributed by atoms with Gasteiger partial charge in [-0.25, -0.2) is 4.39 Å². The van der Waals surface area contributed by atoms with Crippen molar-refractivity contribution >= 4 is 28.6 Å². The number of carbonyl (C=O) groups is 1. The van der Waals surface area contributed by atoms with E-state index in [2.05, 4.69) is 15.5 Å². The Morgan fingerprint density at radius 2 is 1.94 bits per heavy atom. The zero-order valence-corrected chi connectivity index (χ0v) is 18.3. The van der Waals surface area contributed by atoms with E-state index >= 15 is 0 Å². The number of hydrogen-bond acceptors (Lipinski definition) is 6. The SMILES string of the molecule is CC(Oc1cccc(F)c1)C(=O)Nc1cccc(-c2ccc3nnc(-c4cccs4)n3n2)c1. The zero-order valence-electron chi connectivity index (χ0n) is 17.5. The van der Waals surface area contributed by atoms with E-state index in [1.807, 2.05) is 47.8 Å². The Morgan fingerprint density at radius 1 is 1.06 bits per heavy atom. The van der Waals surface area contributed by atoms with Crippen LogP contribution in [-0.4, -0.2) is 31.8 Å². The number of thiophene rings is 1. The number of hydrogen-bond donors (Lipinski definition) is 1. The van der Waals surface area contributed by atoms with Gasteiger partial charge in [-0.15, -0.1) is 21.5 Å². The Labute approximate surface area is 192 Å². The molecule has 0 aliphatic heterocycles. The fourth-order valence-electron chi connectivity index (χ4n) is 3.30. The molecule has 0 aliphatic carbocycles. The van der Waals surface area contributed by atoms with Crippen molar-refractivity contribution in [3.05, 3.63) is 84.0 Å². The van der Waals surface area contributed by atoms with Crippen molar-refractivity contribution in [3.8, 4) is 27.7 Å². The lowest BCUT2D eigenvalue weighted by atomic mass is 10.1. The number of amides is 1. The minimum Gasteiger partial charge on any atom is -0.481 e. The molecule has 7 nitrogen and oxygen atoms in total. The van der Waals surface area contributed by atoms with Crippen LogP contribution in [0.3, 0.4) is 0 Å². The van der Waals surface area contributed by atoms with Gasteiger partial charge in [0.15, 0.2) is 17.6 Å². The molecule has 33 heavy (non-hydrogen) atoms. The van der Waals surface area contributed by atoms with Crippen molar-refractivity contribution < 1.29 is 13.9 Å². The summed E-state index contributed by atoms with van der Waals surface area (Å²) < 4.78 is 20.6. The van der Waals surface area contributed by atoms with Crippen molar-refractivity contribution in [2.45, 2.75) is 13.0 Å². The monoisotopic (exact) mass is 459 g/mol. The Kier molecular flexibility index (Phi) is 5.54. The molecule has 1 atom stereocenters. The van der Waals surface area contributed by atoms with Crippen LogP contribution < -0.4 is 10.1 Å². The van der Waals surface area contributed by atoms with Crippen molar-refractivity contribution in [1.82, 2.24) is 19.8 Å². The Balaban J connectivity index is 1.36. The van der Waals surface area contributed by atoms with E-state index in [0.29, 0.717) is 28.6 Å².